The van der Waals surface area contributed by atoms with Crippen molar-refractivity contribution in [3.05, 3.63) is 84.8 Å². The molecule has 4 aromatic rings. The van der Waals surface area contributed by atoms with Gasteiger partial charge in [-0.05, 0) is 54.4 Å². The molecule has 0 atom stereocenters. The van der Waals surface area contributed by atoms with Crippen molar-refractivity contribution in [3.63, 3.8) is 0 Å². The lowest BCUT2D eigenvalue weighted by Gasteiger charge is -2.05. The van der Waals surface area contributed by atoms with Crippen molar-refractivity contribution < 1.29 is 9.26 Å². The minimum absolute atomic E-state index is 0.467. The van der Waals surface area contributed by atoms with Gasteiger partial charge in [-0.15, -0.1) is 0 Å². The van der Waals surface area contributed by atoms with Gasteiger partial charge in [-0.1, -0.05) is 47.6 Å². The van der Waals surface area contributed by atoms with Gasteiger partial charge in [0.1, 0.15) is 5.75 Å². The number of rotatable bonds is 7. The van der Waals surface area contributed by atoms with Crippen LogP contribution in [0.3, 0.4) is 0 Å². The van der Waals surface area contributed by atoms with Crippen LogP contribution < -0.4 is 10.1 Å². The number of hydrogen-bond donors (Lipinski definition) is 1. The molecule has 0 aliphatic rings. The Kier molecular flexibility index (Phi) is 5.33. The van der Waals surface area contributed by atoms with E-state index < -0.39 is 0 Å². The Morgan fingerprint density at radius 3 is 2.21 bits per heavy atom. The Hall–Kier alpha value is -3.60. The second-order valence-electron chi connectivity index (χ2n) is 6.27. The van der Waals surface area contributed by atoms with E-state index in [1.165, 1.54) is 11.1 Å². The lowest BCUT2D eigenvalue weighted by molar-refractivity contribution is 0.340. The van der Waals surface area contributed by atoms with Gasteiger partial charge in [0.15, 0.2) is 0 Å². The molecule has 0 aliphatic heterocycles. The summed E-state index contributed by atoms with van der Waals surface area (Å²) in [5.41, 5.74) is 4.28. The fourth-order valence-electron chi connectivity index (χ4n) is 2.90. The highest BCUT2D eigenvalue weighted by molar-refractivity contribution is 5.65. The smallest absolute Gasteiger partial charge is 0.246 e. The fraction of sp³-hybridized carbons (Fsp3) is 0.130. The number of benzene rings is 3. The molecule has 0 fully saturated rings. The third kappa shape index (κ3) is 4.20. The Labute approximate surface area is 164 Å². The first-order chi connectivity index (χ1) is 13.8. The topological polar surface area (TPSA) is 60.2 Å². The molecule has 140 valence electrons. The molecule has 0 bridgehead atoms. The molecule has 0 amide bonds. The van der Waals surface area contributed by atoms with Gasteiger partial charge in [0.05, 0.1) is 13.2 Å². The van der Waals surface area contributed by atoms with Gasteiger partial charge in [0.25, 0.3) is 0 Å². The zero-order valence-corrected chi connectivity index (χ0v) is 15.6. The largest absolute Gasteiger partial charge is 0.494 e. The number of aromatic nitrogens is 2. The summed E-state index contributed by atoms with van der Waals surface area (Å²) in [5.74, 6) is 1.94. The lowest BCUT2D eigenvalue weighted by Crippen LogP contribution is -1.99. The summed E-state index contributed by atoms with van der Waals surface area (Å²) in [6, 6.07) is 26.2. The van der Waals surface area contributed by atoms with Crippen LogP contribution in [0, 0.1) is 0 Å². The van der Waals surface area contributed by atoms with E-state index in [1.54, 1.807) is 0 Å². The van der Waals surface area contributed by atoms with E-state index in [0.717, 1.165) is 17.0 Å². The minimum Gasteiger partial charge on any atom is -0.494 e. The van der Waals surface area contributed by atoms with Crippen molar-refractivity contribution in [2.75, 3.05) is 11.9 Å². The van der Waals surface area contributed by atoms with Gasteiger partial charge in [-0.2, -0.15) is 4.98 Å². The Bertz CT molecular complexity index is 1010. The first kappa shape index (κ1) is 17.8. The molecule has 0 unspecified atom stereocenters. The van der Waals surface area contributed by atoms with E-state index in [2.05, 4.69) is 39.7 Å². The predicted octanol–water partition coefficient (Wildman–Crippen LogP) is 5.41. The monoisotopic (exact) mass is 371 g/mol. The molecule has 1 N–H and O–H groups in total. The van der Waals surface area contributed by atoms with Crippen molar-refractivity contribution in [2.24, 2.45) is 0 Å². The van der Waals surface area contributed by atoms with Crippen LogP contribution in [0.5, 0.6) is 5.75 Å². The molecule has 0 saturated heterocycles. The first-order valence-electron chi connectivity index (χ1n) is 9.27. The molecular weight excluding hydrogens is 350 g/mol. The van der Waals surface area contributed by atoms with Crippen LogP contribution in [-0.4, -0.2) is 16.7 Å². The molecular formula is C23H21N3O2. The van der Waals surface area contributed by atoms with Crippen LogP contribution in [0.25, 0.3) is 22.5 Å². The molecule has 0 saturated carbocycles. The SMILES string of the molecule is CCOc1ccc(-c2noc(CNc3ccc(-c4ccccc4)cc3)n2)cc1. The highest BCUT2D eigenvalue weighted by atomic mass is 16.5. The highest BCUT2D eigenvalue weighted by Gasteiger charge is 2.09. The van der Waals surface area contributed by atoms with Gasteiger partial charge in [0, 0.05) is 11.3 Å². The zero-order valence-electron chi connectivity index (χ0n) is 15.6. The van der Waals surface area contributed by atoms with Crippen LogP contribution in [0.15, 0.2) is 83.4 Å². The molecule has 3 aromatic carbocycles. The van der Waals surface area contributed by atoms with Crippen LogP contribution in [0.2, 0.25) is 0 Å². The van der Waals surface area contributed by atoms with Crippen LogP contribution in [0.4, 0.5) is 5.69 Å². The lowest BCUT2D eigenvalue weighted by atomic mass is 10.1. The van der Waals surface area contributed by atoms with Gasteiger partial charge in [-0.25, -0.2) is 0 Å². The van der Waals surface area contributed by atoms with E-state index >= 15 is 0 Å². The van der Waals surface area contributed by atoms with Crippen LogP contribution in [0.1, 0.15) is 12.8 Å². The number of hydrogen-bond acceptors (Lipinski definition) is 5. The first-order valence-corrected chi connectivity index (χ1v) is 9.27. The van der Waals surface area contributed by atoms with Crippen molar-refractivity contribution in [3.8, 4) is 28.3 Å². The number of nitrogens with one attached hydrogen (secondary N) is 1. The quantitative estimate of drug-likeness (QED) is 0.470. The van der Waals surface area contributed by atoms with Crippen molar-refractivity contribution in [1.82, 2.24) is 10.1 Å². The van der Waals surface area contributed by atoms with Crippen LogP contribution in [-0.2, 0) is 6.54 Å². The van der Waals surface area contributed by atoms with Crippen molar-refractivity contribution >= 4 is 5.69 Å². The zero-order chi connectivity index (χ0) is 19.2. The van der Waals surface area contributed by atoms with Gasteiger partial charge >= 0.3 is 0 Å². The van der Waals surface area contributed by atoms with Crippen LogP contribution >= 0.6 is 0 Å². The maximum Gasteiger partial charge on any atom is 0.246 e. The van der Waals surface area contributed by atoms with E-state index in [1.807, 2.05) is 61.5 Å². The van der Waals surface area contributed by atoms with Crippen molar-refractivity contribution in [1.29, 1.82) is 0 Å². The summed E-state index contributed by atoms with van der Waals surface area (Å²) < 4.78 is 10.8. The molecule has 0 radical (unpaired) electrons. The van der Waals surface area contributed by atoms with Gasteiger partial charge in [-0.3, -0.25) is 0 Å². The van der Waals surface area contributed by atoms with E-state index in [9.17, 15) is 0 Å². The van der Waals surface area contributed by atoms with E-state index in [-0.39, 0.29) is 0 Å². The summed E-state index contributed by atoms with van der Waals surface area (Å²) in [6.45, 7) is 3.07. The second kappa shape index (κ2) is 8.39. The Morgan fingerprint density at radius 2 is 1.50 bits per heavy atom. The third-order valence-electron chi connectivity index (χ3n) is 4.33. The summed E-state index contributed by atoms with van der Waals surface area (Å²) in [4.78, 5) is 4.46. The maximum atomic E-state index is 5.45. The van der Waals surface area contributed by atoms with Gasteiger partial charge in [0.2, 0.25) is 11.7 Å². The highest BCUT2D eigenvalue weighted by Crippen LogP contribution is 2.22. The average Bonchev–Trinajstić information content (AvgIpc) is 3.23. The Morgan fingerprint density at radius 1 is 0.821 bits per heavy atom. The third-order valence-corrected chi connectivity index (χ3v) is 4.33. The second-order valence-corrected chi connectivity index (χ2v) is 6.27. The normalized spacial score (nSPS) is 10.6. The predicted molar refractivity (Wildman–Crippen MR) is 110 cm³/mol. The Balaban J connectivity index is 1.38. The molecule has 28 heavy (non-hydrogen) atoms. The van der Waals surface area contributed by atoms with Gasteiger partial charge < -0.3 is 14.6 Å². The molecule has 5 nitrogen and oxygen atoms in total. The summed E-state index contributed by atoms with van der Waals surface area (Å²) in [5, 5.41) is 7.38. The number of nitrogens with zero attached hydrogens (tertiary/aromatic N) is 2. The molecule has 0 spiro atoms. The average molecular weight is 371 g/mol. The van der Waals surface area contributed by atoms with E-state index in [0.29, 0.717) is 24.9 Å². The molecule has 4 rings (SSSR count). The maximum absolute atomic E-state index is 5.45. The fourth-order valence-corrected chi connectivity index (χ4v) is 2.90. The number of anilines is 1. The van der Waals surface area contributed by atoms with E-state index in [4.69, 9.17) is 9.26 Å². The summed E-state index contributed by atoms with van der Waals surface area (Å²) in [7, 11) is 0. The molecule has 0 aliphatic carbocycles. The molecule has 5 heteroatoms. The van der Waals surface area contributed by atoms with Crippen molar-refractivity contribution in [2.45, 2.75) is 13.5 Å². The standard InChI is InChI=1S/C23H21N3O2/c1-2-27-21-14-10-19(11-15-21)23-25-22(28-26-23)16-24-20-12-8-18(9-13-20)17-6-4-3-5-7-17/h3-15,24H,2,16H2,1H3. The minimum atomic E-state index is 0.467. The summed E-state index contributed by atoms with van der Waals surface area (Å²) >= 11 is 0. The molecule has 1 aromatic heterocycles. The summed E-state index contributed by atoms with van der Waals surface area (Å²) in [6.07, 6.45) is 0. The molecule has 1 heterocycles. The number of ether oxygens (including phenoxy) is 1.